The van der Waals surface area contributed by atoms with Crippen molar-refractivity contribution in [2.45, 2.75) is 36.1 Å². The molecule has 0 saturated heterocycles. The second-order valence-electron chi connectivity index (χ2n) is 5.02. The van der Waals surface area contributed by atoms with Crippen molar-refractivity contribution in [1.82, 2.24) is 4.90 Å². The van der Waals surface area contributed by atoms with Crippen molar-refractivity contribution >= 4 is 26.5 Å². The molecule has 2 unspecified atom stereocenters. The maximum Gasteiger partial charge on any atom is 0.323 e. The van der Waals surface area contributed by atoms with Crippen LogP contribution in [0.15, 0.2) is 0 Å². The predicted octanol–water partition coefficient (Wildman–Crippen LogP) is -2.14. The number of primary amides is 1. The number of carbonyl (C=O) groups is 1. The molecule has 0 rings (SSSR count). The molecule has 0 aliphatic heterocycles. The minimum atomic E-state index is -1.64. The van der Waals surface area contributed by atoms with Gasteiger partial charge in [-0.15, -0.1) is 0 Å². The second-order valence-corrected chi connectivity index (χ2v) is 6.65. The smallest absolute Gasteiger partial charge is 0.323 e. The predicted molar refractivity (Wildman–Crippen MR) is 96.0 cm³/mol. The summed E-state index contributed by atoms with van der Waals surface area (Å²) in [6.07, 6.45) is -1.19. The van der Waals surface area contributed by atoms with Crippen LogP contribution >= 0.6 is 0 Å². The van der Waals surface area contributed by atoms with Crippen LogP contribution in [-0.2, 0) is 28.4 Å². The first kappa shape index (κ1) is 23.5. The Morgan fingerprint density at radius 2 is 1.17 bits per heavy atom. The summed E-state index contributed by atoms with van der Waals surface area (Å²) in [5.74, 6) is -3.27. The van der Waals surface area contributed by atoms with E-state index < -0.39 is 30.1 Å². The minimum absolute atomic E-state index is 0.594. The van der Waals surface area contributed by atoms with Crippen LogP contribution in [0, 0.1) is 0 Å². The standard InChI is InChI=1S/C13H32N2O7Si2/c1-17-9(7-23)12(19-3,20-4)15(11(14)16)13(21-5,22-6)10(8-24)18-2/h9-10H,7-8H2,1-6,23-24H3,(H2,14,16). The zero-order valence-electron chi connectivity index (χ0n) is 16.0. The molecule has 0 saturated carbocycles. The van der Waals surface area contributed by atoms with Gasteiger partial charge in [-0.2, -0.15) is 0 Å². The van der Waals surface area contributed by atoms with Crippen LogP contribution in [0.2, 0.25) is 12.1 Å². The van der Waals surface area contributed by atoms with Crippen LogP contribution in [0.1, 0.15) is 0 Å². The van der Waals surface area contributed by atoms with E-state index in [1.165, 1.54) is 42.7 Å². The molecule has 0 spiro atoms. The molecule has 0 radical (unpaired) electrons. The van der Waals surface area contributed by atoms with E-state index in [0.29, 0.717) is 12.1 Å². The van der Waals surface area contributed by atoms with Crippen LogP contribution in [0.3, 0.4) is 0 Å². The molecule has 2 atom stereocenters. The number of nitrogens with two attached hydrogens (primary N) is 1. The zero-order chi connectivity index (χ0) is 19.0. The van der Waals surface area contributed by atoms with Crippen LogP contribution in [0.4, 0.5) is 4.79 Å². The quantitative estimate of drug-likeness (QED) is 0.303. The van der Waals surface area contributed by atoms with E-state index in [1.807, 2.05) is 0 Å². The van der Waals surface area contributed by atoms with Gasteiger partial charge in [-0.05, 0) is 12.1 Å². The van der Waals surface area contributed by atoms with Gasteiger partial charge < -0.3 is 34.2 Å². The number of amides is 2. The molecule has 0 aliphatic carbocycles. The topological polar surface area (TPSA) is 102 Å². The molecule has 144 valence electrons. The third-order valence-corrected chi connectivity index (χ3v) is 5.62. The average Bonchev–Trinajstić information content (AvgIpc) is 2.60. The summed E-state index contributed by atoms with van der Waals surface area (Å²) >= 11 is 0. The van der Waals surface area contributed by atoms with Crippen LogP contribution in [0.25, 0.3) is 0 Å². The average molecular weight is 385 g/mol. The summed E-state index contributed by atoms with van der Waals surface area (Å²) in [5.41, 5.74) is 5.68. The number of ether oxygens (including phenoxy) is 6. The maximum absolute atomic E-state index is 12.4. The molecule has 24 heavy (non-hydrogen) atoms. The number of methoxy groups -OCH3 is 6. The summed E-state index contributed by atoms with van der Waals surface area (Å²) in [5, 5.41) is 0. The lowest BCUT2D eigenvalue weighted by Gasteiger charge is -2.52. The summed E-state index contributed by atoms with van der Waals surface area (Å²) in [7, 11) is 10.2. The zero-order valence-corrected chi connectivity index (χ0v) is 20.0. The number of nitrogens with zero attached hydrogens (tertiary/aromatic N) is 1. The Hall–Kier alpha value is -0.536. The minimum Gasteiger partial charge on any atom is -0.374 e. The molecule has 0 bridgehead atoms. The van der Waals surface area contributed by atoms with Crippen molar-refractivity contribution in [3.63, 3.8) is 0 Å². The van der Waals surface area contributed by atoms with Gasteiger partial charge in [0.25, 0.3) is 11.8 Å². The molecule has 0 aromatic carbocycles. The lowest BCUT2D eigenvalue weighted by atomic mass is 10.1. The Kier molecular flexibility index (Phi) is 10.2. The largest absolute Gasteiger partial charge is 0.374 e. The summed E-state index contributed by atoms with van der Waals surface area (Å²) in [4.78, 5) is 13.5. The van der Waals surface area contributed by atoms with Crippen LogP contribution in [0.5, 0.6) is 0 Å². The monoisotopic (exact) mass is 384 g/mol. The fourth-order valence-electron chi connectivity index (χ4n) is 3.02. The lowest BCUT2D eigenvalue weighted by Crippen LogP contribution is -2.74. The van der Waals surface area contributed by atoms with Gasteiger partial charge in [-0.25, -0.2) is 9.69 Å². The Bertz CT molecular complexity index is 345. The van der Waals surface area contributed by atoms with E-state index in [4.69, 9.17) is 34.2 Å². The summed E-state index contributed by atoms with van der Waals surface area (Å²) in [6, 6.07) is 0.380. The maximum atomic E-state index is 12.4. The van der Waals surface area contributed by atoms with Gasteiger partial charge in [0.1, 0.15) is 12.2 Å². The molecular formula is C13H32N2O7Si2. The Labute approximate surface area is 149 Å². The Morgan fingerprint density at radius 1 is 0.875 bits per heavy atom. The van der Waals surface area contributed by atoms with E-state index in [9.17, 15) is 4.79 Å². The molecule has 9 nitrogen and oxygen atoms in total. The molecule has 0 aromatic heterocycles. The third-order valence-electron chi connectivity index (χ3n) is 4.14. The molecule has 0 aromatic rings. The molecule has 0 fully saturated rings. The second kappa shape index (κ2) is 10.5. The van der Waals surface area contributed by atoms with Gasteiger partial charge in [-0.3, -0.25) is 0 Å². The number of hydrogen-bond acceptors (Lipinski definition) is 7. The molecular weight excluding hydrogens is 352 g/mol. The highest BCUT2D eigenvalue weighted by atomic mass is 28.1. The van der Waals surface area contributed by atoms with Crippen molar-refractivity contribution in [3.8, 4) is 0 Å². The van der Waals surface area contributed by atoms with E-state index in [1.54, 1.807) is 0 Å². The van der Waals surface area contributed by atoms with E-state index >= 15 is 0 Å². The Balaban J connectivity index is 6.52. The van der Waals surface area contributed by atoms with Crippen molar-refractivity contribution in [3.05, 3.63) is 0 Å². The highest BCUT2D eigenvalue weighted by molar-refractivity contribution is 6.09. The Morgan fingerprint density at radius 3 is 1.29 bits per heavy atom. The highest BCUT2D eigenvalue weighted by Gasteiger charge is 2.60. The number of rotatable bonds is 12. The van der Waals surface area contributed by atoms with Crippen LogP contribution in [-0.4, -0.2) is 98.1 Å². The first-order chi connectivity index (χ1) is 11.3. The molecule has 2 N–H and O–H groups in total. The van der Waals surface area contributed by atoms with Gasteiger partial charge in [0, 0.05) is 63.1 Å². The van der Waals surface area contributed by atoms with Gasteiger partial charge in [0.15, 0.2) is 0 Å². The summed E-state index contributed by atoms with van der Waals surface area (Å²) in [6.45, 7) is 0. The molecule has 11 heteroatoms. The summed E-state index contributed by atoms with van der Waals surface area (Å²) < 4.78 is 33.4. The number of carbonyl (C=O) groups excluding carboxylic acids is 1. The first-order valence-corrected chi connectivity index (χ1v) is 10.5. The lowest BCUT2D eigenvalue weighted by molar-refractivity contribution is -0.424. The third kappa shape index (κ3) is 3.99. The fourth-order valence-corrected chi connectivity index (χ4v) is 4.72. The van der Waals surface area contributed by atoms with E-state index in [0.717, 1.165) is 25.4 Å². The molecule has 0 heterocycles. The van der Waals surface area contributed by atoms with Gasteiger partial charge in [0.2, 0.25) is 0 Å². The van der Waals surface area contributed by atoms with Crippen molar-refractivity contribution in [1.29, 1.82) is 0 Å². The highest BCUT2D eigenvalue weighted by Crippen LogP contribution is 2.37. The SMILES string of the molecule is COC(C[SiH3])C(OC)(OC)N(C(N)=O)C(OC)(OC)C(C[SiH3])OC. The first-order valence-electron chi connectivity index (χ1n) is 7.71. The van der Waals surface area contributed by atoms with Gasteiger partial charge in [-0.1, -0.05) is 0 Å². The van der Waals surface area contributed by atoms with Crippen molar-refractivity contribution < 1.29 is 33.2 Å². The number of hydrogen-bond donors (Lipinski definition) is 1. The van der Waals surface area contributed by atoms with Crippen molar-refractivity contribution in [2.75, 3.05) is 42.7 Å². The number of urea groups is 1. The van der Waals surface area contributed by atoms with E-state index in [2.05, 4.69) is 0 Å². The molecule has 0 aliphatic rings. The van der Waals surface area contributed by atoms with E-state index in [-0.39, 0.29) is 0 Å². The fraction of sp³-hybridized carbons (Fsp3) is 0.923. The van der Waals surface area contributed by atoms with Crippen LogP contribution < -0.4 is 5.73 Å². The molecule has 2 amide bonds. The van der Waals surface area contributed by atoms with Gasteiger partial charge >= 0.3 is 6.03 Å². The van der Waals surface area contributed by atoms with Gasteiger partial charge in [0.05, 0.1) is 0 Å². The normalized spacial score (nSPS) is 15.4. The van der Waals surface area contributed by atoms with Crippen molar-refractivity contribution in [2.24, 2.45) is 5.73 Å².